The van der Waals surface area contributed by atoms with Crippen LogP contribution >= 0.6 is 0 Å². The molecule has 2 aromatic rings. The van der Waals surface area contributed by atoms with Crippen LogP contribution in [0.3, 0.4) is 0 Å². The number of fused-ring (bicyclic) bond motifs is 3. The topological polar surface area (TPSA) is 63.2 Å². The minimum Gasteiger partial charge on any atom is -0.493 e. The van der Waals surface area contributed by atoms with E-state index in [9.17, 15) is 4.79 Å². The fraction of sp³-hybridized carbons (Fsp3) is 0.576. The standard InChI is InChI=1S/C33H47N3O3/c1-5-6-7-8-9-10-11-12-13-14-32(37)34-25-17-15-24(16-18-25)33-27-22-31(39-4)30(38-3)21-26(27)28-23-36(2)20-19-29(28)35-33/h15-18,21-22,28-29H,5-14,19-20,23H2,1-4H3,(H,34,37). The number of amides is 1. The minimum absolute atomic E-state index is 0.0945. The summed E-state index contributed by atoms with van der Waals surface area (Å²) >= 11 is 0. The fourth-order valence-corrected chi connectivity index (χ4v) is 5.97. The molecule has 6 heteroatoms. The Morgan fingerprint density at radius 3 is 2.26 bits per heavy atom. The number of nitrogens with one attached hydrogen (secondary N) is 1. The molecular formula is C33H47N3O3. The van der Waals surface area contributed by atoms with Crippen LogP contribution in [0.4, 0.5) is 5.69 Å². The Morgan fingerprint density at radius 1 is 0.949 bits per heavy atom. The number of benzene rings is 2. The number of hydrogen-bond acceptors (Lipinski definition) is 5. The second-order valence-corrected chi connectivity index (χ2v) is 11.2. The highest BCUT2D eigenvalue weighted by Crippen LogP contribution is 2.42. The van der Waals surface area contributed by atoms with Gasteiger partial charge in [0.15, 0.2) is 11.5 Å². The number of aliphatic imine (C=N–C) groups is 1. The highest BCUT2D eigenvalue weighted by Gasteiger charge is 2.36. The van der Waals surface area contributed by atoms with E-state index < -0.39 is 0 Å². The van der Waals surface area contributed by atoms with Gasteiger partial charge in [0.05, 0.1) is 26.0 Å². The Bertz CT molecular complexity index is 1110. The lowest BCUT2D eigenvalue weighted by molar-refractivity contribution is -0.116. The lowest BCUT2D eigenvalue weighted by atomic mass is 9.79. The maximum absolute atomic E-state index is 12.5. The molecule has 0 radical (unpaired) electrons. The quantitative estimate of drug-likeness (QED) is 0.261. The molecule has 0 aliphatic carbocycles. The molecule has 39 heavy (non-hydrogen) atoms. The van der Waals surface area contributed by atoms with Gasteiger partial charge in [-0.3, -0.25) is 9.79 Å². The third-order valence-electron chi connectivity index (χ3n) is 8.23. The smallest absolute Gasteiger partial charge is 0.224 e. The van der Waals surface area contributed by atoms with E-state index in [0.29, 0.717) is 18.1 Å². The maximum atomic E-state index is 12.5. The zero-order chi connectivity index (χ0) is 27.6. The Morgan fingerprint density at radius 2 is 1.59 bits per heavy atom. The number of methoxy groups -OCH3 is 2. The number of likely N-dealkylation sites (N-methyl/N-ethyl adjacent to an activating group) is 1. The molecule has 2 unspecified atom stereocenters. The first-order valence-electron chi connectivity index (χ1n) is 15.0. The van der Waals surface area contributed by atoms with Crippen LogP contribution in [-0.4, -0.2) is 56.9 Å². The molecule has 1 fully saturated rings. The zero-order valence-corrected chi connectivity index (χ0v) is 24.4. The third kappa shape index (κ3) is 7.63. The van der Waals surface area contributed by atoms with Crippen molar-refractivity contribution in [3.63, 3.8) is 0 Å². The van der Waals surface area contributed by atoms with E-state index in [4.69, 9.17) is 14.5 Å². The van der Waals surface area contributed by atoms with Crippen LogP contribution in [0.5, 0.6) is 11.5 Å². The van der Waals surface area contributed by atoms with Crippen molar-refractivity contribution in [1.29, 1.82) is 0 Å². The van der Waals surface area contributed by atoms with E-state index in [-0.39, 0.29) is 11.9 Å². The Kier molecular flexibility index (Phi) is 10.8. The highest BCUT2D eigenvalue weighted by atomic mass is 16.5. The first kappa shape index (κ1) is 29.1. The molecule has 2 aliphatic heterocycles. The summed E-state index contributed by atoms with van der Waals surface area (Å²) < 4.78 is 11.3. The van der Waals surface area contributed by atoms with E-state index in [0.717, 1.165) is 60.6 Å². The van der Waals surface area contributed by atoms with Crippen LogP contribution < -0.4 is 14.8 Å². The summed E-state index contributed by atoms with van der Waals surface area (Å²) in [4.78, 5) is 20.2. The van der Waals surface area contributed by atoms with Crippen LogP contribution in [0.25, 0.3) is 0 Å². The number of anilines is 1. The number of ether oxygens (including phenoxy) is 2. The summed E-state index contributed by atoms with van der Waals surface area (Å²) in [6.07, 6.45) is 12.9. The van der Waals surface area contributed by atoms with Gasteiger partial charge in [0.2, 0.25) is 5.91 Å². The Labute approximate surface area is 235 Å². The fourth-order valence-electron chi connectivity index (χ4n) is 5.97. The molecule has 1 N–H and O–H groups in total. The van der Waals surface area contributed by atoms with Gasteiger partial charge in [0.25, 0.3) is 0 Å². The normalized spacial score (nSPS) is 18.6. The van der Waals surface area contributed by atoms with Gasteiger partial charge < -0.3 is 19.7 Å². The van der Waals surface area contributed by atoms with Crippen molar-refractivity contribution in [2.24, 2.45) is 4.99 Å². The molecule has 1 amide bonds. The monoisotopic (exact) mass is 533 g/mol. The number of carbonyl (C=O) groups is 1. The number of unbranched alkanes of at least 4 members (excludes halogenated alkanes) is 8. The second kappa shape index (κ2) is 14.5. The first-order chi connectivity index (χ1) is 19.0. The van der Waals surface area contributed by atoms with Crippen molar-refractivity contribution in [3.05, 3.63) is 53.1 Å². The number of carbonyl (C=O) groups excluding carboxylic acids is 1. The van der Waals surface area contributed by atoms with Crippen molar-refractivity contribution in [3.8, 4) is 11.5 Å². The summed E-state index contributed by atoms with van der Waals surface area (Å²) in [5.41, 5.74) is 5.25. The van der Waals surface area contributed by atoms with Gasteiger partial charge in [-0.1, -0.05) is 70.4 Å². The molecule has 212 valence electrons. The van der Waals surface area contributed by atoms with Gasteiger partial charge in [0, 0.05) is 35.7 Å². The predicted molar refractivity (Wildman–Crippen MR) is 161 cm³/mol. The van der Waals surface area contributed by atoms with Gasteiger partial charge in [-0.2, -0.15) is 0 Å². The molecule has 2 heterocycles. The van der Waals surface area contributed by atoms with Crippen LogP contribution in [-0.2, 0) is 4.79 Å². The number of rotatable bonds is 14. The molecule has 1 saturated heterocycles. The summed E-state index contributed by atoms with van der Waals surface area (Å²) in [7, 11) is 5.54. The summed E-state index contributed by atoms with van der Waals surface area (Å²) in [6, 6.07) is 12.6. The molecule has 4 rings (SSSR count). The van der Waals surface area contributed by atoms with Gasteiger partial charge in [-0.05, 0) is 56.3 Å². The van der Waals surface area contributed by atoms with E-state index in [1.54, 1.807) is 14.2 Å². The second-order valence-electron chi connectivity index (χ2n) is 11.2. The summed E-state index contributed by atoms with van der Waals surface area (Å²) in [5, 5.41) is 3.08. The lowest BCUT2D eigenvalue weighted by Crippen LogP contribution is -2.41. The van der Waals surface area contributed by atoms with Crippen LogP contribution in [0.15, 0.2) is 41.4 Å². The molecule has 0 spiro atoms. The molecule has 2 aliphatic rings. The minimum atomic E-state index is 0.0945. The molecule has 6 nitrogen and oxygen atoms in total. The zero-order valence-electron chi connectivity index (χ0n) is 24.4. The number of piperidine rings is 1. The Hall–Kier alpha value is -2.86. The van der Waals surface area contributed by atoms with E-state index >= 15 is 0 Å². The van der Waals surface area contributed by atoms with Gasteiger partial charge in [0.1, 0.15) is 0 Å². The van der Waals surface area contributed by atoms with Crippen molar-refractivity contribution in [2.75, 3.05) is 39.7 Å². The van der Waals surface area contributed by atoms with Crippen molar-refractivity contribution < 1.29 is 14.3 Å². The van der Waals surface area contributed by atoms with Crippen molar-refractivity contribution >= 4 is 17.3 Å². The molecule has 0 bridgehead atoms. The number of nitrogens with zero attached hydrogens (tertiary/aromatic N) is 2. The van der Waals surface area contributed by atoms with Crippen molar-refractivity contribution in [2.45, 2.75) is 89.5 Å². The average Bonchev–Trinajstić information content (AvgIpc) is 2.95. The molecule has 0 aromatic heterocycles. The van der Waals surface area contributed by atoms with Crippen LogP contribution in [0.2, 0.25) is 0 Å². The molecule has 0 saturated carbocycles. The largest absolute Gasteiger partial charge is 0.493 e. The summed E-state index contributed by atoms with van der Waals surface area (Å²) in [5.74, 6) is 1.90. The third-order valence-corrected chi connectivity index (χ3v) is 8.23. The molecular weight excluding hydrogens is 486 g/mol. The van der Waals surface area contributed by atoms with Gasteiger partial charge >= 0.3 is 0 Å². The highest BCUT2D eigenvalue weighted by molar-refractivity contribution is 6.15. The number of hydrogen-bond donors (Lipinski definition) is 1. The van der Waals surface area contributed by atoms with Gasteiger partial charge in [-0.25, -0.2) is 0 Å². The maximum Gasteiger partial charge on any atom is 0.224 e. The molecule has 2 aromatic carbocycles. The van der Waals surface area contributed by atoms with Crippen LogP contribution in [0, 0.1) is 0 Å². The average molecular weight is 534 g/mol. The Balaban J connectivity index is 1.38. The first-order valence-corrected chi connectivity index (χ1v) is 15.0. The van der Waals surface area contributed by atoms with E-state index in [1.807, 2.05) is 12.1 Å². The lowest BCUT2D eigenvalue weighted by Gasteiger charge is -2.39. The van der Waals surface area contributed by atoms with Crippen molar-refractivity contribution in [1.82, 2.24) is 4.90 Å². The summed E-state index contributed by atoms with van der Waals surface area (Å²) in [6.45, 7) is 4.28. The van der Waals surface area contributed by atoms with E-state index in [2.05, 4.69) is 48.5 Å². The number of likely N-dealkylation sites (tertiary alicyclic amines) is 1. The van der Waals surface area contributed by atoms with Crippen LogP contribution in [0.1, 0.15) is 100 Å². The van der Waals surface area contributed by atoms with E-state index in [1.165, 1.54) is 50.5 Å². The predicted octanol–water partition coefficient (Wildman–Crippen LogP) is 7.20. The van der Waals surface area contributed by atoms with Gasteiger partial charge in [-0.15, -0.1) is 0 Å². The molecule has 2 atom stereocenters. The SMILES string of the molecule is CCCCCCCCCCCC(=O)Nc1ccc(C2=NC3CCN(C)CC3c3cc(OC)c(OC)cc32)cc1.